The van der Waals surface area contributed by atoms with Gasteiger partial charge < -0.3 is 10.2 Å². The first-order valence-corrected chi connectivity index (χ1v) is 5.50. The van der Waals surface area contributed by atoms with Crippen molar-refractivity contribution in [1.29, 1.82) is 0 Å². The number of nitrogens with one attached hydrogen (secondary N) is 1. The molecule has 16 heavy (non-hydrogen) atoms. The van der Waals surface area contributed by atoms with E-state index in [4.69, 9.17) is 10.6 Å². The van der Waals surface area contributed by atoms with E-state index in [-0.39, 0.29) is 0 Å². The molecule has 0 unspecified atom stereocenters. The van der Waals surface area contributed by atoms with Crippen LogP contribution in [0, 0.1) is 12.8 Å². The average Bonchev–Trinajstić information content (AvgIpc) is 2.23. The number of ether oxygens (including phenoxy) is 1. The fourth-order valence-electron chi connectivity index (χ4n) is 1.25. The van der Waals surface area contributed by atoms with Crippen molar-refractivity contribution in [3.05, 3.63) is 17.6 Å². The Bertz CT molecular complexity index is 328. The number of aryl methyl sites for hydroxylation is 1. The van der Waals surface area contributed by atoms with Crippen LogP contribution in [0.4, 0.5) is 5.82 Å². The highest BCUT2D eigenvalue weighted by molar-refractivity contribution is 5.33. The molecule has 1 aromatic rings. The van der Waals surface area contributed by atoms with E-state index in [1.54, 1.807) is 6.07 Å². The van der Waals surface area contributed by atoms with Crippen molar-refractivity contribution in [3.8, 4) is 0 Å². The van der Waals surface area contributed by atoms with Crippen LogP contribution < -0.4 is 11.3 Å². The molecule has 0 saturated carbocycles. The summed E-state index contributed by atoms with van der Waals surface area (Å²) in [4.78, 5) is 8.46. The van der Waals surface area contributed by atoms with E-state index in [2.05, 4.69) is 29.2 Å². The summed E-state index contributed by atoms with van der Waals surface area (Å²) < 4.78 is 5.49. The van der Waals surface area contributed by atoms with Crippen molar-refractivity contribution >= 4 is 5.82 Å². The average molecular weight is 224 g/mol. The predicted octanol–water partition coefficient (Wildman–Crippen LogP) is 1.63. The highest BCUT2D eigenvalue weighted by Gasteiger charge is 2.02. The fraction of sp³-hybridized carbons (Fsp3) is 0.636. The van der Waals surface area contributed by atoms with Crippen LogP contribution >= 0.6 is 0 Å². The van der Waals surface area contributed by atoms with Crippen LogP contribution in [-0.4, -0.2) is 16.6 Å². The molecular formula is C11H20N4O. The van der Waals surface area contributed by atoms with Gasteiger partial charge >= 0.3 is 0 Å². The third-order valence-corrected chi connectivity index (χ3v) is 2.12. The number of hydrogen-bond acceptors (Lipinski definition) is 5. The van der Waals surface area contributed by atoms with Crippen LogP contribution in [0.15, 0.2) is 6.07 Å². The lowest BCUT2D eigenvalue weighted by Gasteiger charge is -2.07. The molecule has 3 N–H and O–H groups in total. The standard InChI is InChI=1S/C11H20N4O/c1-8(2)4-5-16-7-11-13-9(3)6-10(14-11)15-12/h6,8H,4-5,7,12H2,1-3H3,(H,13,14,15). The zero-order valence-corrected chi connectivity index (χ0v) is 10.2. The molecule has 5 nitrogen and oxygen atoms in total. The van der Waals surface area contributed by atoms with E-state index in [0.29, 0.717) is 24.2 Å². The molecule has 1 aromatic heterocycles. The molecule has 0 aliphatic carbocycles. The second-order valence-corrected chi connectivity index (χ2v) is 4.19. The lowest BCUT2D eigenvalue weighted by molar-refractivity contribution is 0.105. The second-order valence-electron chi connectivity index (χ2n) is 4.19. The molecule has 0 saturated heterocycles. The molecule has 90 valence electrons. The third kappa shape index (κ3) is 4.55. The van der Waals surface area contributed by atoms with E-state index in [1.807, 2.05) is 6.92 Å². The second kappa shape index (κ2) is 6.40. The quantitative estimate of drug-likeness (QED) is 0.436. The topological polar surface area (TPSA) is 73.1 Å². The van der Waals surface area contributed by atoms with Crippen molar-refractivity contribution in [2.75, 3.05) is 12.0 Å². The summed E-state index contributed by atoms with van der Waals surface area (Å²) in [6.45, 7) is 7.41. The van der Waals surface area contributed by atoms with Gasteiger partial charge in [-0.2, -0.15) is 0 Å². The van der Waals surface area contributed by atoms with E-state index in [0.717, 1.165) is 18.7 Å². The Morgan fingerprint density at radius 3 is 2.81 bits per heavy atom. The van der Waals surface area contributed by atoms with Gasteiger partial charge in [-0.05, 0) is 19.3 Å². The van der Waals surface area contributed by atoms with Gasteiger partial charge in [0.05, 0.1) is 0 Å². The number of rotatable bonds is 6. The number of anilines is 1. The minimum absolute atomic E-state index is 0.434. The number of hydrazine groups is 1. The maximum absolute atomic E-state index is 5.49. The zero-order valence-electron chi connectivity index (χ0n) is 10.2. The first-order chi connectivity index (χ1) is 7.61. The molecule has 0 aromatic carbocycles. The maximum Gasteiger partial charge on any atom is 0.156 e. The van der Waals surface area contributed by atoms with Crippen molar-refractivity contribution < 1.29 is 4.74 Å². The SMILES string of the molecule is Cc1cc(NN)nc(COCCC(C)C)n1. The van der Waals surface area contributed by atoms with Crippen molar-refractivity contribution in [2.45, 2.75) is 33.8 Å². The Kier molecular flexibility index (Phi) is 5.14. The van der Waals surface area contributed by atoms with Crippen LogP contribution in [0.3, 0.4) is 0 Å². The summed E-state index contributed by atoms with van der Waals surface area (Å²) >= 11 is 0. The lowest BCUT2D eigenvalue weighted by atomic mass is 10.1. The molecule has 1 heterocycles. The van der Waals surface area contributed by atoms with Crippen molar-refractivity contribution in [1.82, 2.24) is 9.97 Å². The summed E-state index contributed by atoms with van der Waals surface area (Å²) in [5, 5.41) is 0. The van der Waals surface area contributed by atoms with Gasteiger partial charge in [-0.3, -0.25) is 0 Å². The van der Waals surface area contributed by atoms with E-state index < -0.39 is 0 Å². The molecular weight excluding hydrogens is 204 g/mol. The number of hydrogen-bond donors (Lipinski definition) is 2. The lowest BCUT2D eigenvalue weighted by Crippen LogP contribution is -2.11. The van der Waals surface area contributed by atoms with Crippen molar-refractivity contribution in [2.24, 2.45) is 11.8 Å². The van der Waals surface area contributed by atoms with Gasteiger partial charge in [-0.1, -0.05) is 13.8 Å². The molecule has 0 aliphatic rings. The molecule has 1 rings (SSSR count). The van der Waals surface area contributed by atoms with Gasteiger partial charge in [-0.25, -0.2) is 15.8 Å². The summed E-state index contributed by atoms with van der Waals surface area (Å²) in [5.41, 5.74) is 3.39. The van der Waals surface area contributed by atoms with Gasteiger partial charge in [0, 0.05) is 18.4 Å². The van der Waals surface area contributed by atoms with Gasteiger partial charge in [0.25, 0.3) is 0 Å². The zero-order chi connectivity index (χ0) is 12.0. The number of nitrogen functional groups attached to an aromatic ring is 1. The minimum Gasteiger partial charge on any atom is -0.373 e. The van der Waals surface area contributed by atoms with Gasteiger partial charge in [-0.15, -0.1) is 0 Å². The smallest absolute Gasteiger partial charge is 0.156 e. The fourth-order valence-corrected chi connectivity index (χ4v) is 1.25. The number of aromatic nitrogens is 2. The van der Waals surface area contributed by atoms with Crippen LogP contribution in [0.2, 0.25) is 0 Å². The molecule has 0 fully saturated rings. The third-order valence-electron chi connectivity index (χ3n) is 2.12. The van der Waals surface area contributed by atoms with Crippen LogP contribution in [0.5, 0.6) is 0 Å². The Labute approximate surface area is 96.4 Å². The Balaban J connectivity index is 2.44. The van der Waals surface area contributed by atoms with Crippen molar-refractivity contribution in [3.63, 3.8) is 0 Å². The maximum atomic E-state index is 5.49. The van der Waals surface area contributed by atoms with E-state index in [9.17, 15) is 0 Å². The first kappa shape index (κ1) is 12.9. The van der Waals surface area contributed by atoms with Crippen LogP contribution in [0.25, 0.3) is 0 Å². The summed E-state index contributed by atoms with van der Waals surface area (Å²) in [7, 11) is 0. The minimum atomic E-state index is 0.434. The highest BCUT2D eigenvalue weighted by atomic mass is 16.5. The summed E-state index contributed by atoms with van der Waals surface area (Å²) in [6.07, 6.45) is 1.05. The van der Waals surface area contributed by atoms with Gasteiger partial charge in [0.1, 0.15) is 12.4 Å². The molecule has 0 atom stereocenters. The Morgan fingerprint density at radius 1 is 1.44 bits per heavy atom. The Hall–Kier alpha value is -1.20. The molecule has 0 radical (unpaired) electrons. The Morgan fingerprint density at radius 2 is 2.19 bits per heavy atom. The first-order valence-electron chi connectivity index (χ1n) is 5.50. The summed E-state index contributed by atoms with van der Waals surface area (Å²) in [5.74, 6) is 7.24. The monoisotopic (exact) mass is 224 g/mol. The number of nitrogens with zero attached hydrogens (tertiary/aromatic N) is 2. The number of nitrogens with two attached hydrogens (primary N) is 1. The van der Waals surface area contributed by atoms with Crippen LogP contribution in [0.1, 0.15) is 31.8 Å². The normalized spacial score (nSPS) is 10.8. The van der Waals surface area contributed by atoms with E-state index in [1.165, 1.54) is 0 Å². The van der Waals surface area contributed by atoms with E-state index >= 15 is 0 Å². The molecule has 0 spiro atoms. The summed E-state index contributed by atoms with van der Waals surface area (Å²) in [6, 6.07) is 1.79. The highest BCUT2D eigenvalue weighted by Crippen LogP contribution is 2.06. The molecule has 0 amide bonds. The van der Waals surface area contributed by atoms with Gasteiger partial charge in [0.2, 0.25) is 0 Å². The molecule has 0 aliphatic heterocycles. The van der Waals surface area contributed by atoms with Gasteiger partial charge in [0.15, 0.2) is 5.82 Å². The largest absolute Gasteiger partial charge is 0.373 e. The van der Waals surface area contributed by atoms with Crippen LogP contribution in [-0.2, 0) is 11.3 Å². The predicted molar refractivity (Wildman–Crippen MR) is 63.7 cm³/mol. The molecule has 5 heteroatoms. The molecule has 0 bridgehead atoms.